The van der Waals surface area contributed by atoms with Crippen molar-refractivity contribution in [2.24, 2.45) is 0 Å². The molecule has 1 amide bonds. The monoisotopic (exact) mass is 274 g/mol. The lowest BCUT2D eigenvalue weighted by Crippen LogP contribution is -2.37. The van der Waals surface area contributed by atoms with Crippen LogP contribution in [0.5, 0.6) is 0 Å². The molecule has 2 rings (SSSR count). The summed E-state index contributed by atoms with van der Waals surface area (Å²) in [6.07, 6.45) is 13.7. The van der Waals surface area contributed by atoms with Crippen molar-refractivity contribution in [2.45, 2.75) is 83.1 Å². The Balaban J connectivity index is 2.00. The van der Waals surface area contributed by atoms with E-state index in [1.165, 1.54) is 38.5 Å². The van der Waals surface area contributed by atoms with E-state index in [4.69, 9.17) is 0 Å². The van der Waals surface area contributed by atoms with Crippen molar-refractivity contribution in [3.63, 3.8) is 0 Å². The number of allylic oxidation sites excluding steroid dienone is 1. The molecule has 0 atom stereocenters. The summed E-state index contributed by atoms with van der Waals surface area (Å²) in [7, 11) is 0. The van der Waals surface area contributed by atoms with Crippen LogP contribution in [0.15, 0.2) is 11.1 Å². The third kappa shape index (κ3) is 4.37. The third-order valence-electron chi connectivity index (χ3n) is 4.59. The summed E-state index contributed by atoms with van der Waals surface area (Å²) in [5, 5.41) is 12.5. The van der Waals surface area contributed by atoms with Gasteiger partial charge in [-0.1, -0.05) is 38.5 Å². The molecular weight excluding hydrogens is 248 g/mol. The molecule has 20 heavy (non-hydrogen) atoms. The quantitative estimate of drug-likeness (QED) is 0.611. The Bertz CT molecular complexity index is 390. The van der Waals surface area contributed by atoms with Crippen LogP contribution in [0.25, 0.3) is 0 Å². The first-order valence-corrected chi connectivity index (χ1v) is 8.24. The Morgan fingerprint density at radius 2 is 1.50 bits per heavy atom. The molecule has 110 valence electrons. The second-order valence-corrected chi connectivity index (χ2v) is 6.17. The van der Waals surface area contributed by atoms with Gasteiger partial charge in [0.05, 0.1) is 0 Å². The van der Waals surface area contributed by atoms with E-state index in [1.807, 2.05) is 0 Å². The maximum atomic E-state index is 12.3. The largest absolute Gasteiger partial charge is 0.349 e. The van der Waals surface area contributed by atoms with Gasteiger partial charge in [0.25, 0.3) is 5.91 Å². The van der Waals surface area contributed by atoms with E-state index >= 15 is 0 Å². The van der Waals surface area contributed by atoms with Gasteiger partial charge in [-0.3, -0.25) is 4.79 Å². The lowest BCUT2D eigenvalue weighted by atomic mass is 9.91. The van der Waals surface area contributed by atoms with E-state index in [0.717, 1.165) is 44.1 Å². The minimum atomic E-state index is -0.116. The molecule has 3 heteroatoms. The minimum Gasteiger partial charge on any atom is -0.349 e. The Hall–Kier alpha value is -1.30. The van der Waals surface area contributed by atoms with E-state index in [-0.39, 0.29) is 11.9 Å². The minimum absolute atomic E-state index is 0.116. The fourth-order valence-electron chi connectivity index (χ4n) is 3.38. The Morgan fingerprint density at radius 1 is 0.950 bits per heavy atom. The molecule has 2 aliphatic carbocycles. The van der Waals surface area contributed by atoms with Crippen LogP contribution in [0.4, 0.5) is 0 Å². The molecule has 0 aromatic heterocycles. The lowest BCUT2D eigenvalue weighted by molar-refractivity contribution is -0.118. The molecule has 0 aliphatic heterocycles. The van der Waals surface area contributed by atoms with Crippen molar-refractivity contribution in [2.75, 3.05) is 0 Å². The molecule has 0 radical (unpaired) electrons. The SMILES string of the molecule is N#CC(C(=O)NC1CCCCC1)=C1CCCCCCC1. The number of carbonyl (C=O) groups is 1. The number of amides is 1. The van der Waals surface area contributed by atoms with Gasteiger partial charge in [-0.2, -0.15) is 5.26 Å². The first kappa shape index (κ1) is 15.1. The van der Waals surface area contributed by atoms with Crippen molar-refractivity contribution in [1.29, 1.82) is 5.26 Å². The number of nitriles is 1. The van der Waals surface area contributed by atoms with E-state index in [9.17, 15) is 10.1 Å². The van der Waals surface area contributed by atoms with Gasteiger partial charge in [0.2, 0.25) is 0 Å². The molecule has 0 aromatic carbocycles. The smallest absolute Gasteiger partial charge is 0.262 e. The summed E-state index contributed by atoms with van der Waals surface area (Å²) in [5.41, 5.74) is 1.51. The number of nitrogens with zero attached hydrogens (tertiary/aromatic N) is 1. The Morgan fingerprint density at radius 3 is 2.10 bits per heavy atom. The van der Waals surface area contributed by atoms with Crippen LogP contribution in [0, 0.1) is 11.3 Å². The van der Waals surface area contributed by atoms with Crippen LogP contribution in [0.1, 0.15) is 77.0 Å². The highest BCUT2D eigenvalue weighted by Crippen LogP contribution is 2.25. The van der Waals surface area contributed by atoms with Crippen LogP contribution >= 0.6 is 0 Å². The molecule has 2 fully saturated rings. The predicted molar refractivity (Wildman–Crippen MR) is 80.0 cm³/mol. The standard InChI is InChI=1S/C17H26N2O/c18-13-16(14-9-5-2-1-3-6-10-14)17(20)19-15-11-7-4-8-12-15/h15H,1-12H2,(H,19,20). The lowest BCUT2D eigenvalue weighted by Gasteiger charge is -2.23. The summed E-state index contributed by atoms with van der Waals surface area (Å²) in [4.78, 5) is 12.3. The van der Waals surface area contributed by atoms with Crippen molar-refractivity contribution in [1.82, 2.24) is 5.32 Å². The molecule has 1 N–H and O–H groups in total. The Labute approximate surface area is 122 Å². The number of rotatable bonds is 2. The van der Waals surface area contributed by atoms with Crippen LogP contribution in [0.2, 0.25) is 0 Å². The molecule has 0 spiro atoms. The molecule has 0 bridgehead atoms. The van der Waals surface area contributed by atoms with Gasteiger partial charge >= 0.3 is 0 Å². The summed E-state index contributed by atoms with van der Waals surface area (Å²) < 4.78 is 0. The summed E-state index contributed by atoms with van der Waals surface area (Å²) in [6, 6.07) is 2.46. The van der Waals surface area contributed by atoms with Gasteiger partial charge in [-0.25, -0.2) is 0 Å². The second-order valence-electron chi connectivity index (χ2n) is 6.17. The number of hydrogen-bond acceptors (Lipinski definition) is 2. The zero-order valence-electron chi connectivity index (χ0n) is 12.4. The van der Waals surface area contributed by atoms with E-state index in [2.05, 4.69) is 11.4 Å². The molecule has 0 heterocycles. The van der Waals surface area contributed by atoms with Gasteiger partial charge in [0.15, 0.2) is 0 Å². The van der Waals surface area contributed by atoms with Gasteiger partial charge in [0.1, 0.15) is 11.6 Å². The second kappa shape index (κ2) is 8.09. The predicted octanol–water partition coefficient (Wildman–Crippen LogP) is 4.00. The van der Waals surface area contributed by atoms with E-state index in [1.54, 1.807) is 0 Å². The first-order valence-electron chi connectivity index (χ1n) is 8.24. The van der Waals surface area contributed by atoms with Crippen LogP contribution in [0.3, 0.4) is 0 Å². The van der Waals surface area contributed by atoms with Gasteiger partial charge < -0.3 is 5.32 Å². The fourth-order valence-corrected chi connectivity index (χ4v) is 3.38. The zero-order chi connectivity index (χ0) is 14.2. The first-order chi connectivity index (χ1) is 9.81. The van der Waals surface area contributed by atoms with Crippen LogP contribution < -0.4 is 5.32 Å². The number of carbonyl (C=O) groups excluding carboxylic acids is 1. The number of hydrogen-bond donors (Lipinski definition) is 1. The normalized spacial score (nSPS) is 21.4. The molecule has 3 nitrogen and oxygen atoms in total. The van der Waals surface area contributed by atoms with Crippen molar-refractivity contribution in [3.05, 3.63) is 11.1 Å². The highest BCUT2D eigenvalue weighted by Gasteiger charge is 2.20. The Kier molecular flexibility index (Phi) is 6.11. The highest BCUT2D eigenvalue weighted by molar-refractivity contribution is 5.98. The third-order valence-corrected chi connectivity index (χ3v) is 4.59. The fraction of sp³-hybridized carbons (Fsp3) is 0.765. The molecule has 0 unspecified atom stereocenters. The molecular formula is C17H26N2O. The number of nitrogens with one attached hydrogen (secondary N) is 1. The van der Waals surface area contributed by atoms with Crippen LogP contribution in [-0.2, 0) is 4.79 Å². The molecule has 0 aromatic rings. The van der Waals surface area contributed by atoms with E-state index in [0.29, 0.717) is 5.57 Å². The average Bonchev–Trinajstić information content (AvgIpc) is 2.42. The van der Waals surface area contributed by atoms with Crippen molar-refractivity contribution in [3.8, 4) is 6.07 Å². The van der Waals surface area contributed by atoms with Crippen molar-refractivity contribution < 1.29 is 4.79 Å². The maximum Gasteiger partial charge on any atom is 0.262 e. The maximum absolute atomic E-state index is 12.3. The summed E-state index contributed by atoms with van der Waals surface area (Å²) in [6.45, 7) is 0. The molecule has 2 aliphatic rings. The van der Waals surface area contributed by atoms with Gasteiger partial charge in [-0.05, 0) is 44.1 Å². The van der Waals surface area contributed by atoms with Gasteiger partial charge in [0, 0.05) is 6.04 Å². The van der Waals surface area contributed by atoms with E-state index < -0.39 is 0 Å². The van der Waals surface area contributed by atoms with Gasteiger partial charge in [-0.15, -0.1) is 0 Å². The van der Waals surface area contributed by atoms with Crippen molar-refractivity contribution >= 4 is 5.91 Å². The topological polar surface area (TPSA) is 52.9 Å². The highest BCUT2D eigenvalue weighted by atomic mass is 16.1. The summed E-state index contributed by atoms with van der Waals surface area (Å²) in [5.74, 6) is -0.116. The molecule has 2 saturated carbocycles. The van der Waals surface area contributed by atoms with Crippen LogP contribution in [-0.4, -0.2) is 11.9 Å². The average molecular weight is 274 g/mol. The zero-order valence-corrected chi connectivity index (χ0v) is 12.4. The summed E-state index contributed by atoms with van der Waals surface area (Å²) >= 11 is 0. The molecule has 0 saturated heterocycles.